The minimum atomic E-state index is -5.24. The number of aliphatic hydroxyl groups is 14. The van der Waals surface area contributed by atoms with Crippen LogP contribution in [0.2, 0.25) is 0 Å². The molecule has 1 aliphatic heterocycles. The summed E-state index contributed by atoms with van der Waals surface area (Å²) in [5.41, 5.74) is 0. The molecule has 1 atom stereocenters. The van der Waals surface area contributed by atoms with E-state index < -0.39 is 64.5 Å². The Labute approximate surface area is 156 Å². The molecular weight excluding hydrogens is 422 g/mol. The molecule has 1 heterocycles. The van der Waals surface area contributed by atoms with Gasteiger partial charge in [0.15, 0.2) is 6.42 Å². The zero-order chi connectivity index (χ0) is 23.6. The van der Waals surface area contributed by atoms with Gasteiger partial charge in [0.05, 0.1) is 0 Å². The summed E-state index contributed by atoms with van der Waals surface area (Å²) in [7, 11) is 0. The average molecular weight is 440 g/mol. The van der Waals surface area contributed by atoms with E-state index in [0.29, 0.717) is 0 Å². The van der Waals surface area contributed by atoms with Crippen LogP contribution in [0.15, 0.2) is 0 Å². The molecule has 29 heavy (non-hydrogen) atoms. The number of hydrogen-bond acceptors (Lipinski definition) is 17. The Balaban J connectivity index is 3.85. The highest BCUT2D eigenvalue weighted by atomic mass is 16.8. The van der Waals surface area contributed by atoms with E-state index in [9.17, 15) is 65.8 Å². The fourth-order valence-corrected chi connectivity index (χ4v) is 2.88. The Morgan fingerprint density at radius 1 is 0.828 bits per heavy atom. The molecule has 0 aromatic rings. The van der Waals surface area contributed by atoms with Gasteiger partial charge in [-0.25, -0.2) is 9.59 Å². The minimum absolute atomic E-state index is 1.88. The first-order valence-corrected chi connectivity index (χ1v) is 6.88. The molecular formula is C10H18NO18+. The van der Waals surface area contributed by atoms with E-state index in [0.717, 1.165) is 0 Å². The van der Waals surface area contributed by atoms with Crippen molar-refractivity contribution in [2.45, 2.75) is 48.1 Å². The Kier molecular flexibility index (Phi) is 5.62. The molecule has 19 heteroatoms. The molecule has 19 nitrogen and oxygen atoms in total. The third-order valence-corrected chi connectivity index (χ3v) is 4.02. The van der Waals surface area contributed by atoms with E-state index >= 15 is 0 Å². The summed E-state index contributed by atoms with van der Waals surface area (Å²) < 4.78 is -0.307. The zero-order valence-electron chi connectivity index (χ0n) is 13.7. The minimum Gasteiger partial charge on any atom is -0.477 e. The van der Waals surface area contributed by atoms with E-state index in [1.54, 1.807) is 0 Å². The van der Waals surface area contributed by atoms with Crippen molar-refractivity contribution in [2.75, 3.05) is 0 Å². The number of hydrogen-bond donors (Lipinski definition) is 15. The molecule has 0 aromatic heterocycles. The maximum Gasteiger partial charge on any atom is 0.455 e. The van der Waals surface area contributed by atoms with Gasteiger partial charge >= 0.3 is 47.5 Å². The average Bonchev–Trinajstić information content (AvgIpc) is 2.37. The van der Waals surface area contributed by atoms with Crippen molar-refractivity contribution in [3.63, 3.8) is 0 Å². The lowest BCUT2D eigenvalue weighted by Crippen LogP contribution is -3.00. The summed E-state index contributed by atoms with van der Waals surface area (Å²) in [5.74, 6) is -29.1. The predicted molar refractivity (Wildman–Crippen MR) is 69.8 cm³/mol. The topological polar surface area (TPSA) is 347 Å². The van der Waals surface area contributed by atoms with Gasteiger partial charge in [-0.05, 0) is 0 Å². The van der Waals surface area contributed by atoms with Gasteiger partial charge in [-0.2, -0.15) is 0 Å². The van der Waals surface area contributed by atoms with Gasteiger partial charge in [-0.15, -0.1) is 0 Å². The van der Waals surface area contributed by atoms with Crippen LogP contribution in [0.1, 0.15) is 6.42 Å². The first-order chi connectivity index (χ1) is 12.4. The van der Waals surface area contributed by atoms with Gasteiger partial charge in [0.25, 0.3) is 6.10 Å². The second-order valence-corrected chi connectivity index (χ2v) is 6.14. The largest absolute Gasteiger partial charge is 0.477 e. The third-order valence-electron chi connectivity index (χ3n) is 4.02. The normalized spacial score (nSPS) is 22.4. The quantitative estimate of drug-likeness (QED) is 0.0991. The maximum absolute atomic E-state index is 11.3. The Morgan fingerprint density at radius 2 is 1.21 bits per heavy atom. The Morgan fingerprint density at radius 3 is 1.45 bits per heavy atom. The van der Waals surface area contributed by atoms with Crippen molar-refractivity contribution in [2.24, 2.45) is 0 Å². The molecule has 0 saturated carbocycles. The molecule has 0 bridgehead atoms. The number of likely N-dealkylation sites (tertiary alicyclic amines) is 1. The van der Waals surface area contributed by atoms with E-state index in [-0.39, 0.29) is 0 Å². The molecule has 0 amide bonds. The van der Waals surface area contributed by atoms with E-state index in [4.69, 9.17) is 20.4 Å². The Bertz CT molecular complexity index is 650. The fourth-order valence-electron chi connectivity index (χ4n) is 2.88. The summed E-state index contributed by atoms with van der Waals surface area (Å²) in [5, 5.41) is 141. The van der Waals surface area contributed by atoms with Crippen molar-refractivity contribution in [1.82, 2.24) is 0 Å². The van der Waals surface area contributed by atoms with E-state index in [2.05, 4.69) is 4.74 Å². The molecule has 1 aliphatic rings. The van der Waals surface area contributed by atoms with Gasteiger partial charge < -0.3 is 66.0 Å². The van der Waals surface area contributed by atoms with Crippen LogP contribution < -0.4 is 0 Å². The van der Waals surface area contributed by atoms with Crippen LogP contribution in [0.5, 0.6) is 0 Å². The number of ether oxygens (including phenoxy) is 1. The second kappa shape index (κ2) is 6.42. The lowest BCUT2D eigenvalue weighted by Gasteiger charge is -2.65. The summed E-state index contributed by atoms with van der Waals surface area (Å²) in [6.07, 6.45) is -11.2. The van der Waals surface area contributed by atoms with E-state index in [1.165, 1.54) is 0 Å². The van der Waals surface area contributed by atoms with Gasteiger partial charge in [0.2, 0.25) is 0 Å². The van der Waals surface area contributed by atoms with Crippen molar-refractivity contribution in [3.05, 3.63) is 0 Å². The van der Waals surface area contributed by atoms with Crippen molar-refractivity contribution in [3.8, 4) is 0 Å². The first kappa shape index (κ1) is 25.4. The summed E-state index contributed by atoms with van der Waals surface area (Å²) in [4.78, 5) is 22.3. The molecule has 0 spiro atoms. The second-order valence-electron chi connectivity index (χ2n) is 6.14. The molecule has 0 radical (unpaired) electrons. The van der Waals surface area contributed by atoms with Crippen LogP contribution >= 0.6 is 0 Å². The number of nitrogens with zero attached hydrogens (tertiary/aromatic N) is 1. The SMILES string of the molecule is O=C(OC(C(O)(O)C(=O)O)C(O)(O)[N+]1(C(O)(O)O)C(O)(O)CC1(O)O)C(O)(O)O. The number of carboxylic acid groups (broad SMARTS) is 1. The Hall–Kier alpha value is -1.66. The number of carboxylic acids is 1. The molecule has 1 rings (SSSR count). The van der Waals surface area contributed by atoms with Crippen molar-refractivity contribution in [1.29, 1.82) is 0 Å². The monoisotopic (exact) mass is 440 g/mol. The van der Waals surface area contributed by atoms with Crippen molar-refractivity contribution >= 4 is 11.9 Å². The molecule has 170 valence electrons. The highest BCUT2D eigenvalue weighted by Gasteiger charge is 2.94. The zero-order valence-corrected chi connectivity index (χ0v) is 13.7. The van der Waals surface area contributed by atoms with Crippen LogP contribution in [0.3, 0.4) is 0 Å². The van der Waals surface area contributed by atoms with Gasteiger partial charge in [-0.1, -0.05) is 4.48 Å². The maximum atomic E-state index is 11.3. The lowest BCUT2D eigenvalue weighted by molar-refractivity contribution is -1.28. The standard InChI is InChI=1S/C10H17NO18/c12-3(13)7(19,20)2(29-4(14)9(23,24)25)8(21,22)11(10(26,27)28)5(15,16)1-6(11,17)18/h2,15-28H,1H2/p+1. The smallest absolute Gasteiger partial charge is 0.455 e. The first-order valence-electron chi connectivity index (χ1n) is 6.88. The van der Waals surface area contributed by atoms with E-state index in [1.807, 2.05) is 0 Å². The van der Waals surface area contributed by atoms with Crippen LogP contribution in [0.4, 0.5) is 0 Å². The van der Waals surface area contributed by atoms with Crippen LogP contribution in [-0.4, -0.2) is 135 Å². The number of esters is 1. The number of quaternary nitrogens is 1. The highest BCUT2D eigenvalue weighted by Crippen LogP contribution is 2.57. The summed E-state index contributed by atoms with van der Waals surface area (Å²) >= 11 is 0. The van der Waals surface area contributed by atoms with Crippen LogP contribution in [-0.2, 0) is 14.3 Å². The van der Waals surface area contributed by atoms with Gasteiger partial charge in [-0.3, -0.25) is 15.3 Å². The number of rotatable bonds is 7. The lowest BCUT2D eigenvalue weighted by atomic mass is 9.90. The van der Waals surface area contributed by atoms with Gasteiger partial charge in [0.1, 0.15) is 0 Å². The molecule has 0 aromatic carbocycles. The number of carbonyl (C=O) groups excluding carboxylic acids is 1. The van der Waals surface area contributed by atoms with Crippen molar-refractivity contribution < 1.29 is 95.4 Å². The van der Waals surface area contributed by atoms with Crippen LogP contribution in [0.25, 0.3) is 0 Å². The highest BCUT2D eigenvalue weighted by molar-refractivity contribution is 5.79. The van der Waals surface area contributed by atoms with Gasteiger partial charge in [0, 0.05) is 0 Å². The third kappa shape index (κ3) is 3.34. The summed E-state index contributed by atoms with van der Waals surface area (Å²) in [6.45, 7) is 0. The number of aliphatic carboxylic acids is 1. The predicted octanol–water partition coefficient (Wildman–Crippen LogP) is -9.98. The molecule has 0 aliphatic carbocycles. The fraction of sp³-hybridized carbons (Fsp3) is 0.800. The molecule has 1 fully saturated rings. The summed E-state index contributed by atoms with van der Waals surface area (Å²) in [6, 6.07) is 0. The molecule has 1 saturated heterocycles. The molecule has 1 unspecified atom stereocenters. The van der Waals surface area contributed by atoms with Crippen LogP contribution in [0, 0.1) is 0 Å². The number of carbonyl (C=O) groups is 2. The molecule has 15 N–H and O–H groups in total.